The SMILES string of the molecule is CCOc1ccc(Oc2cc(CNC(=O)C(N)C(C)CC)ccn2)cc1.Cl. The molecule has 0 aliphatic carbocycles. The molecule has 27 heavy (non-hydrogen) atoms. The standard InChI is InChI=1S/C20H27N3O3.ClH/c1-4-14(3)19(21)20(24)23-13-15-10-11-22-18(12-15)26-17-8-6-16(7-9-17)25-5-2;/h6-12,14,19H,4-5,13,21H2,1-3H3,(H,23,24);1H. The number of amides is 1. The molecule has 1 aromatic heterocycles. The summed E-state index contributed by atoms with van der Waals surface area (Å²) in [5, 5.41) is 2.86. The molecule has 7 heteroatoms. The molecule has 3 N–H and O–H groups in total. The molecule has 148 valence electrons. The van der Waals surface area contributed by atoms with Gasteiger partial charge in [0, 0.05) is 18.8 Å². The first kappa shape index (κ1) is 22.7. The number of pyridine rings is 1. The van der Waals surface area contributed by atoms with Crippen molar-refractivity contribution in [1.29, 1.82) is 0 Å². The molecule has 2 aromatic rings. The van der Waals surface area contributed by atoms with Gasteiger partial charge in [0.2, 0.25) is 11.8 Å². The molecule has 0 bridgehead atoms. The van der Waals surface area contributed by atoms with Crippen molar-refractivity contribution < 1.29 is 14.3 Å². The highest BCUT2D eigenvalue weighted by Crippen LogP contribution is 2.23. The fraction of sp³-hybridized carbons (Fsp3) is 0.400. The molecule has 0 aliphatic rings. The van der Waals surface area contributed by atoms with Crippen LogP contribution in [0.2, 0.25) is 0 Å². The lowest BCUT2D eigenvalue weighted by molar-refractivity contribution is -0.123. The number of halogens is 1. The third kappa shape index (κ3) is 7.07. The van der Waals surface area contributed by atoms with Crippen LogP contribution in [0, 0.1) is 5.92 Å². The van der Waals surface area contributed by atoms with E-state index in [9.17, 15) is 4.79 Å². The monoisotopic (exact) mass is 393 g/mol. The van der Waals surface area contributed by atoms with Crippen LogP contribution in [0.5, 0.6) is 17.4 Å². The van der Waals surface area contributed by atoms with Crippen LogP contribution in [0.25, 0.3) is 0 Å². The smallest absolute Gasteiger partial charge is 0.237 e. The van der Waals surface area contributed by atoms with E-state index in [0.29, 0.717) is 24.8 Å². The third-order valence-electron chi connectivity index (χ3n) is 4.18. The van der Waals surface area contributed by atoms with Crippen LogP contribution in [0.15, 0.2) is 42.6 Å². The number of hydrogen-bond acceptors (Lipinski definition) is 5. The molecule has 0 fully saturated rings. The van der Waals surface area contributed by atoms with Gasteiger partial charge in [-0.15, -0.1) is 12.4 Å². The van der Waals surface area contributed by atoms with Gasteiger partial charge in [-0.1, -0.05) is 20.3 Å². The van der Waals surface area contributed by atoms with Crippen LogP contribution < -0.4 is 20.5 Å². The number of hydrogen-bond donors (Lipinski definition) is 2. The number of ether oxygens (including phenoxy) is 2. The Morgan fingerprint density at radius 1 is 1.19 bits per heavy atom. The van der Waals surface area contributed by atoms with Gasteiger partial charge < -0.3 is 20.5 Å². The van der Waals surface area contributed by atoms with E-state index < -0.39 is 6.04 Å². The van der Waals surface area contributed by atoms with E-state index in [1.807, 2.05) is 51.1 Å². The number of rotatable bonds is 9. The van der Waals surface area contributed by atoms with Crippen molar-refractivity contribution in [3.8, 4) is 17.4 Å². The Kier molecular flexibility index (Phi) is 9.61. The molecule has 2 unspecified atom stereocenters. The maximum absolute atomic E-state index is 12.1. The molecule has 6 nitrogen and oxygen atoms in total. The van der Waals surface area contributed by atoms with Gasteiger partial charge in [-0.2, -0.15) is 0 Å². The summed E-state index contributed by atoms with van der Waals surface area (Å²) in [6.45, 7) is 6.93. The van der Waals surface area contributed by atoms with E-state index in [-0.39, 0.29) is 24.2 Å². The summed E-state index contributed by atoms with van der Waals surface area (Å²) in [5.74, 6) is 1.92. The largest absolute Gasteiger partial charge is 0.494 e. The number of carbonyl (C=O) groups is 1. The second kappa shape index (κ2) is 11.4. The first-order chi connectivity index (χ1) is 12.5. The molecule has 0 aliphatic heterocycles. The van der Waals surface area contributed by atoms with E-state index in [2.05, 4.69) is 10.3 Å². The zero-order valence-electron chi connectivity index (χ0n) is 16.0. The number of aromatic nitrogens is 1. The van der Waals surface area contributed by atoms with Crippen LogP contribution in [-0.2, 0) is 11.3 Å². The first-order valence-electron chi connectivity index (χ1n) is 8.92. The van der Waals surface area contributed by atoms with Gasteiger partial charge in [0.15, 0.2) is 0 Å². The van der Waals surface area contributed by atoms with Crippen molar-refractivity contribution in [3.63, 3.8) is 0 Å². The van der Waals surface area contributed by atoms with Gasteiger partial charge in [0.05, 0.1) is 12.6 Å². The fourth-order valence-electron chi connectivity index (χ4n) is 2.33. The van der Waals surface area contributed by atoms with Gasteiger partial charge >= 0.3 is 0 Å². The number of nitrogens with zero attached hydrogens (tertiary/aromatic N) is 1. The fourth-order valence-corrected chi connectivity index (χ4v) is 2.33. The Morgan fingerprint density at radius 3 is 2.48 bits per heavy atom. The molecule has 0 spiro atoms. The van der Waals surface area contributed by atoms with Crippen molar-refractivity contribution in [3.05, 3.63) is 48.2 Å². The van der Waals surface area contributed by atoms with E-state index in [0.717, 1.165) is 17.7 Å². The van der Waals surface area contributed by atoms with E-state index in [1.165, 1.54) is 0 Å². The van der Waals surface area contributed by atoms with Crippen molar-refractivity contribution in [2.24, 2.45) is 11.7 Å². The van der Waals surface area contributed by atoms with E-state index in [4.69, 9.17) is 15.2 Å². The van der Waals surface area contributed by atoms with Gasteiger partial charge in [0.25, 0.3) is 0 Å². The highest BCUT2D eigenvalue weighted by Gasteiger charge is 2.18. The molecular formula is C20H28ClN3O3. The summed E-state index contributed by atoms with van der Waals surface area (Å²) >= 11 is 0. The van der Waals surface area contributed by atoms with Crippen LogP contribution >= 0.6 is 12.4 Å². The maximum atomic E-state index is 12.1. The summed E-state index contributed by atoms with van der Waals surface area (Å²) in [5.41, 5.74) is 6.84. The average Bonchev–Trinajstić information content (AvgIpc) is 2.67. The number of carbonyl (C=O) groups excluding carboxylic acids is 1. The Hall–Kier alpha value is -2.31. The minimum absolute atomic E-state index is 0. The van der Waals surface area contributed by atoms with Gasteiger partial charge in [-0.3, -0.25) is 4.79 Å². The van der Waals surface area contributed by atoms with Gasteiger partial charge in [-0.05, 0) is 48.7 Å². The zero-order valence-corrected chi connectivity index (χ0v) is 16.8. The second-order valence-corrected chi connectivity index (χ2v) is 6.14. The van der Waals surface area contributed by atoms with Crippen molar-refractivity contribution in [2.45, 2.75) is 39.8 Å². The highest BCUT2D eigenvalue weighted by atomic mass is 35.5. The number of nitrogens with one attached hydrogen (secondary N) is 1. The quantitative estimate of drug-likeness (QED) is 0.678. The lowest BCUT2D eigenvalue weighted by Crippen LogP contribution is -2.44. The minimum Gasteiger partial charge on any atom is -0.494 e. The highest BCUT2D eigenvalue weighted by molar-refractivity contribution is 5.85. The summed E-state index contributed by atoms with van der Waals surface area (Å²) in [4.78, 5) is 16.3. The van der Waals surface area contributed by atoms with Crippen molar-refractivity contribution in [1.82, 2.24) is 10.3 Å². The van der Waals surface area contributed by atoms with E-state index >= 15 is 0 Å². The molecular weight excluding hydrogens is 366 g/mol. The van der Waals surface area contributed by atoms with Gasteiger partial charge in [0.1, 0.15) is 11.5 Å². The number of benzene rings is 1. The Bertz CT molecular complexity index is 710. The summed E-state index contributed by atoms with van der Waals surface area (Å²) < 4.78 is 11.2. The number of nitrogens with two attached hydrogens (primary N) is 1. The maximum Gasteiger partial charge on any atom is 0.237 e. The first-order valence-corrected chi connectivity index (χ1v) is 8.92. The molecule has 1 heterocycles. The van der Waals surface area contributed by atoms with Crippen LogP contribution in [0.4, 0.5) is 0 Å². The van der Waals surface area contributed by atoms with Crippen molar-refractivity contribution in [2.75, 3.05) is 6.61 Å². The molecule has 1 amide bonds. The normalized spacial score (nSPS) is 12.4. The molecule has 2 rings (SSSR count). The van der Waals surface area contributed by atoms with E-state index in [1.54, 1.807) is 12.3 Å². The second-order valence-electron chi connectivity index (χ2n) is 6.14. The Labute approximate surface area is 166 Å². The third-order valence-corrected chi connectivity index (χ3v) is 4.18. The van der Waals surface area contributed by atoms with Crippen LogP contribution in [-0.4, -0.2) is 23.5 Å². The lowest BCUT2D eigenvalue weighted by atomic mass is 9.99. The van der Waals surface area contributed by atoms with Gasteiger partial charge in [-0.25, -0.2) is 4.98 Å². The Balaban J connectivity index is 0.00000364. The van der Waals surface area contributed by atoms with Crippen molar-refractivity contribution >= 4 is 18.3 Å². The summed E-state index contributed by atoms with van der Waals surface area (Å²) in [6.07, 6.45) is 2.52. The molecule has 1 aromatic carbocycles. The molecule has 0 saturated heterocycles. The zero-order chi connectivity index (χ0) is 18.9. The molecule has 0 saturated carbocycles. The molecule has 0 radical (unpaired) electrons. The van der Waals surface area contributed by atoms with Crippen LogP contribution in [0.1, 0.15) is 32.8 Å². The summed E-state index contributed by atoms with van der Waals surface area (Å²) in [7, 11) is 0. The summed E-state index contributed by atoms with van der Waals surface area (Å²) in [6, 6.07) is 10.5. The van der Waals surface area contributed by atoms with Crippen LogP contribution in [0.3, 0.4) is 0 Å². The molecule has 2 atom stereocenters. The predicted molar refractivity (Wildman–Crippen MR) is 108 cm³/mol. The predicted octanol–water partition coefficient (Wildman–Crippen LogP) is 3.68. The Morgan fingerprint density at radius 2 is 1.85 bits per heavy atom. The topological polar surface area (TPSA) is 86.5 Å². The average molecular weight is 394 g/mol. The lowest BCUT2D eigenvalue weighted by Gasteiger charge is -2.17. The minimum atomic E-state index is -0.499.